The first-order chi connectivity index (χ1) is 9.61. The summed E-state index contributed by atoms with van der Waals surface area (Å²) in [5.74, 6) is 0.650. The summed E-state index contributed by atoms with van der Waals surface area (Å²) >= 11 is 3.71. The highest BCUT2D eigenvalue weighted by Gasteiger charge is 2.17. The number of benzene rings is 1. The normalized spacial score (nSPS) is 20.7. The zero-order valence-electron chi connectivity index (χ0n) is 12.7. The summed E-state index contributed by atoms with van der Waals surface area (Å²) in [5, 5.41) is 3.27. The summed E-state index contributed by atoms with van der Waals surface area (Å²) in [7, 11) is 4.15. The van der Waals surface area contributed by atoms with E-state index in [1.54, 1.807) is 0 Å². The van der Waals surface area contributed by atoms with Gasteiger partial charge in [0.1, 0.15) is 0 Å². The lowest BCUT2D eigenvalue weighted by molar-refractivity contribution is 0.0576. The zero-order valence-corrected chi connectivity index (χ0v) is 14.2. The molecule has 3 nitrogen and oxygen atoms in total. The predicted octanol–water partition coefficient (Wildman–Crippen LogP) is 3.59. The van der Waals surface area contributed by atoms with Crippen molar-refractivity contribution in [2.24, 2.45) is 5.92 Å². The Labute approximate surface area is 130 Å². The fourth-order valence-electron chi connectivity index (χ4n) is 2.71. The third-order valence-corrected chi connectivity index (χ3v) is 4.74. The standard InChI is InChI=1S/C16H25BrN2O/c1-12(18-2)14-6-7-16(15(17)9-14)19(3)10-13-5-4-8-20-11-13/h6-7,9,12-13,18H,4-5,8,10-11H2,1-3H3. The number of nitrogens with zero attached hydrogens (tertiary/aromatic N) is 1. The molecule has 0 aliphatic carbocycles. The number of ether oxygens (including phenoxy) is 1. The minimum atomic E-state index is 0.373. The number of rotatable bonds is 5. The Hall–Kier alpha value is -0.580. The molecular weight excluding hydrogens is 316 g/mol. The molecule has 0 amide bonds. The summed E-state index contributed by atoms with van der Waals surface area (Å²) in [6, 6.07) is 6.99. The van der Waals surface area contributed by atoms with E-state index in [-0.39, 0.29) is 0 Å². The average molecular weight is 341 g/mol. The van der Waals surface area contributed by atoms with Crippen molar-refractivity contribution in [2.45, 2.75) is 25.8 Å². The van der Waals surface area contributed by atoms with E-state index < -0.39 is 0 Å². The molecule has 1 aliphatic rings. The van der Waals surface area contributed by atoms with Crippen molar-refractivity contribution in [3.63, 3.8) is 0 Å². The van der Waals surface area contributed by atoms with Gasteiger partial charge in [-0.15, -0.1) is 0 Å². The number of halogens is 1. The summed E-state index contributed by atoms with van der Waals surface area (Å²) in [4.78, 5) is 2.33. The van der Waals surface area contributed by atoms with Gasteiger partial charge in [-0.1, -0.05) is 6.07 Å². The maximum Gasteiger partial charge on any atom is 0.0511 e. The van der Waals surface area contributed by atoms with Gasteiger partial charge in [0.15, 0.2) is 0 Å². The maximum atomic E-state index is 5.57. The van der Waals surface area contributed by atoms with Crippen LogP contribution in [-0.4, -0.2) is 33.9 Å². The Morgan fingerprint density at radius 1 is 1.50 bits per heavy atom. The van der Waals surface area contributed by atoms with Crippen molar-refractivity contribution in [1.29, 1.82) is 0 Å². The van der Waals surface area contributed by atoms with Gasteiger partial charge in [-0.25, -0.2) is 0 Å². The van der Waals surface area contributed by atoms with E-state index in [0.717, 1.165) is 24.2 Å². The van der Waals surface area contributed by atoms with Crippen molar-refractivity contribution in [2.75, 3.05) is 38.8 Å². The molecule has 4 heteroatoms. The van der Waals surface area contributed by atoms with Crippen molar-refractivity contribution in [3.05, 3.63) is 28.2 Å². The second-order valence-corrected chi connectivity index (χ2v) is 6.54. The summed E-state index contributed by atoms with van der Waals surface area (Å²) in [6.07, 6.45) is 2.47. The fraction of sp³-hybridized carbons (Fsp3) is 0.625. The van der Waals surface area contributed by atoms with Gasteiger partial charge in [0.05, 0.1) is 12.3 Å². The van der Waals surface area contributed by atoms with Gasteiger partial charge in [0, 0.05) is 30.7 Å². The fourth-order valence-corrected chi connectivity index (χ4v) is 3.40. The van der Waals surface area contributed by atoms with Crippen molar-refractivity contribution >= 4 is 21.6 Å². The third kappa shape index (κ3) is 3.96. The van der Waals surface area contributed by atoms with E-state index in [2.05, 4.69) is 58.3 Å². The molecular formula is C16H25BrN2O. The van der Waals surface area contributed by atoms with E-state index in [1.807, 2.05) is 7.05 Å². The zero-order chi connectivity index (χ0) is 14.5. The molecule has 1 N–H and O–H groups in total. The molecule has 20 heavy (non-hydrogen) atoms. The van der Waals surface area contributed by atoms with Crippen LogP contribution in [0.15, 0.2) is 22.7 Å². The minimum Gasteiger partial charge on any atom is -0.381 e. The van der Waals surface area contributed by atoms with Crippen molar-refractivity contribution in [1.82, 2.24) is 5.32 Å². The molecule has 1 heterocycles. The minimum absolute atomic E-state index is 0.373. The molecule has 1 aliphatic heterocycles. The highest BCUT2D eigenvalue weighted by atomic mass is 79.9. The molecule has 1 aromatic carbocycles. The number of hydrogen-bond acceptors (Lipinski definition) is 3. The second-order valence-electron chi connectivity index (χ2n) is 5.68. The van der Waals surface area contributed by atoms with Gasteiger partial charge < -0.3 is 15.0 Å². The van der Waals surface area contributed by atoms with Gasteiger partial charge in [-0.2, -0.15) is 0 Å². The van der Waals surface area contributed by atoms with Crippen LogP contribution in [0.1, 0.15) is 31.4 Å². The van der Waals surface area contributed by atoms with Crippen LogP contribution in [-0.2, 0) is 4.74 Å². The van der Waals surface area contributed by atoms with E-state index in [1.165, 1.54) is 24.1 Å². The smallest absolute Gasteiger partial charge is 0.0511 e. The Bertz CT molecular complexity index is 432. The molecule has 2 atom stereocenters. The summed E-state index contributed by atoms with van der Waals surface area (Å²) < 4.78 is 6.73. The first-order valence-electron chi connectivity index (χ1n) is 7.37. The third-order valence-electron chi connectivity index (χ3n) is 4.10. The number of nitrogens with one attached hydrogen (secondary N) is 1. The first-order valence-corrected chi connectivity index (χ1v) is 8.16. The van der Waals surface area contributed by atoms with E-state index in [0.29, 0.717) is 12.0 Å². The molecule has 0 radical (unpaired) electrons. The summed E-state index contributed by atoms with van der Waals surface area (Å²) in [5.41, 5.74) is 2.56. The van der Waals surface area contributed by atoms with Crippen LogP contribution in [0.25, 0.3) is 0 Å². The maximum absolute atomic E-state index is 5.57. The topological polar surface area (TPSA) is 24.5 Å². The molecule has 1 saturated heterocycles. The van der Waals surface area contributed by atoms with Gasteiger partial charge >= 0.3 is 0 Å². The van der Waals surface area contributed by atoms with Crippen LogP contribution < -0.4 is 10.2 Å². The Morgan fingerprint density at radius 3 is 2.90 bits per heavy atom. The molecule has 0 bridgehead atoms. The van der Waals surface area contributed by atoms with Crippen LogP contribution in [0.2, 0.25) is 0 Å². The van der Waals surface area contributed by atoms with Crippen LogP contribution in [0, 0.1) is 5.92 Å². The highest BCUT2D eigenvalue weighted by molar-refractivity contribution is 9.10. The Balaban J connectivity index is 2.03. The molecule has 1 fully saturated rings. The lowest BCUT2D eigenvalue weighted by Crippen LogP contribution is -2.31. The van der Waals surface area contributed by atoms with Gasteiger partial charge in [-0.05, 0) is 66.4 Å². The molecule has 0 aromatic heterocycles. The summed E-state index contributed by atoms with van der Waals surface area (Å²) in [6.45, 7) is 5.06. The Kier molecular flexibility index (Phi) is 5.87. The molecule has 1 aromatic rings. The highest BCUT2D eigenvalue weighted by Crippen LogP contribution is 2.30. The van der Waals surface area contributed by atoms with E-state index in [4.69, 9.17) is 4.74 Å². The van der Waals surface area contributed by atoms with Gasteiger partial charge in [0.2, 0.25) is 0 Å². The molecule has 0 saturated carbocycles. The lowest BCUT2D eigenvalue weighted by Gasteiger charge is -2.29. The monoisotopic (exact) mass is 340 g/mol. The molecule has 0 spiro atoms. The second kappa shape index (κ2) is 7.43. The van der Waals surface area contributed by atoms with Crippen LogP contribution in [0.5, 0.6) is 0 Å². The van der Waals surface area contributed by atoms with Crippen molar-refractivity contribution < 1.29 is 4.74 Å². The quantitative estimate of drug-likeness (QED) is 0.886. The van der Waals surface area contributed by atoms with Gasteiger partial charge in [0.25, 0.3) is 0 Å². The number of anilines is 1. The first kappa shape index (κ1) is 15.8. The average Bonchev–Trinajstić information content (AvgIpc) is 2.47. The SMILES string of the molecule is CNC(C)c1ccc(N(C)CC2CCCOC2)c(Br)c1. The predicted molar refractivity (Wildman–Crippen MR) is 88.4 cm³/mol. The Morgan fingerprint density at radius 2 is 2.30 bits per heavy atom. The largest absolute Gasteiger partial charge is 0.381 e. The van der Waals surface area contributed by atoms with E-state index >= 15 is 0 Å². The molecule has 2 unspecified atom stereocenters. The van der Waals surface area contributed by atoms with Crippen LogP contribution in [0.3, 0.4) is 0 Å². The molecule has 2 rings (SSSR count). The van der Waals surface area contributed by atoms with Crippen LogP contribution >= 0.6 is 15.9 Å². The molecule has 112 valence electrons. The number of hydrogen-bond donors (Lipinski definition) is 1. The van der Waals surface area contributed by atoms with Crippen molar-refractivity contribution in [3.8, 4) is 0 Å². The van der Waals surface area contributed by atoms with Crippen LogP contribution in [0.4, 0.5) is 5.69 Å². The van der Waals surface area contributed by atoms with Gasteiger partial charge in [-0.3, -0.25) is 0 Å². The lowest BCUT2D eigenvalue weighted by atomic mass is 10.0. The van der Waals surface area contributed by atoms with E-state index in [9.17, 15) is 0 Å².